The van der Waals surface area contributed by atoms with Crippen molar-refractivity contribution in [2.24, 2.45) is 11.3 Å². The normalized spacial score (nSPS) is 22.3. The Morgan fingerprint density at radius 2 is 1.73 bits per heavy atom. The molecule has 0 aliphatic carbocycles. The van der Waals surface area contributed by atoms with Crippen LogP contribution >= 0.6 is 0 Å². The lowest BCUT2D eigenvalue weighted by Crippen LogP contribution is -2.55. The molecule has 33 heavy (non-hydrogen) atoms. The largest absolute Gasteiger partial charge is 0.354 e. The van der Waals surface area contributed by atoms with Crippen molar-refractivity contribution < 1.29 is 19.2 Å². The van der Waals surface area contributed by atoms with Crippen molar-refractivity contribution in [3.05, 3.63) is 48.0 Å². The highest BCUT2D eigenvalue weighted by Gasteiger charge is 2.34. The number of carbonyl (C=O) groups is 3. The van der Waals surface area contributed by atoms with Crippen molar-refractivity contribution in [3.8, 4) is 0 Å². The Hall–Kier alpha value is -2.67. The second-order valence-electron chi connectivity index (χ2n) is 9.66. The summed E-state index contributed by atoms with van der Waals surface area (Å²) in [6.45, 7) is 6.76. The van der Waals surface area contributed by atoms with Crippen molar-refractivity contribution in [2.45, 2.75) is 71.9 Å². The number of nitrogens with zero attached hydrogens (tertiary/aromatic N) is 1. The van der Waals surface area contributed by atoms with Gasteiger partial charge in [-0.05, 0) is 49.5 Å². The van der Waals surface area contributed by atoms with E-state index in [0.29, 0.717) is 19.4 Å². The first-order chi connectivity index (χ1) is 15.8. The molecule has 2 N–H and O–H groups in total. The van der Waals surface area contributed by atoms with Crippen LogP contribution < -0.4 is 10.6 Å². The number of carbonyl (C=O) groups excluding carboxylic acids is 3. The number of allylic oxidation sites excluding steroid dienone is 2. The number of rotatable bonds is 6. The maximum absolute atomic E-state index is 13.3. The predicted molar refractivity (Wildman–Crippen MR) is 129 cm³/mol. The lowest BCUT2D eigenvalue weighted by atomic mass is 9.85. The summed E-state index contributed by atoms with van der Waals surface area (Å²) in [4.78, 5) is 43.5. The van der Waals surface area contributed by atoms with Crippen molar-refractivity contribution in [1.29, 1.82) is 0 Å². The molecule has 2 rings (SSSR count). The van der Waals surface area contributed by atoms with E-state index in [0.717, 1.165) is 37.7 Å². The molecule has 182 valence electrons. The third-order valence-electron chi connectivity index (χ3n) is 5.73. The van der Waals surface area contributed by atoms with Crippen LogP contribution in [0.5, 0.6) is 0 Å². The highest BCUT2D eigenvalue weighted by molar-refractivity contribution is 5.89. The van der Waals surface area contributed by atoms with Crippen molar-refractivity contribution in [1.82, 2.24) is 15.7 Å². The van der Waals surface area contributed by atoms with Gasteiger partial charge < -0.3 is 10.6 Å². The molecule has 0 saturated heterocycles. The summed E-state index contributed by atoms with van der Waals surface area (Å²) in [5.74, 6) is -0.895. The number of hydrogen-bond acceptors (Lipinski definition) is 4. The number of amides is 3. The fourth-order valence-corrected chi connectivity index (χ4v) is 3.73. The highest BCUT2D eigenvalue weighted by atomic mass is 16.7. The zero-order chi connectivity index (χ0) is 24.1. The summed E-state index contributed by atoms with van der Waals surface area (Å²) < 4.78 is 0. The summed E-state index contributed by atoms with van der Waals surface area (Å²) >= 11 is 0. The zero-order valence-corrected chi connectivity index (χ0v) is 20.2. The zero-order valence-electron chi connectivity index (χ0n) is 20.2. The second-order valence-corrected chi connectivity index (χ2v) is 9.66. The standard InChI is InChI=1S/C26H39N3O4/c1-26(2,3)23-25(32)27-17-13-8-6-4-5-7-12-16-22(24(31)28-23)18-29(20-30)33-19-21-14-10-9-11-15-21/h4-5,9-11,14-15,20,22-23H,6-8,12-13,16-19H2,1-3H3,(H,27,32)(H,28,31)/b5-4+. The summed E-state index contributed by atoms with van der Waals surface area (Å²) in [5, 5.41) is 7.12. The Morgan fingerprint density at radius 3 is 2.39 bits per heavy atom. The lowest BCUT2D eigenvalue weighted by molar-refractivity contribution is -0.182. The van der Waals surface area contributed by atoms with E-state index in [9.17, 15) is 14.4 Å². The fraction of sp³-hybridized carbons (Fsp3) is 0.577. The molecule has 7 heteroatoms. The topological polar surface area (TPSA) is 87.7 Å². The van der Waals surface area contributed by atoms with Gasteiger partial charge in [0.05, 0.1) is 12.5 Å². The molecule has 0 radical (unpaired) electrons. The monoisotopic (exact) mass is 457 g/mol. The first-order valence-corrected chi connectivity index (χ1v) is 11.9. The van der Waals surface area contributed by atoms with E-state index in [-0.39, 0.29) is 25.0 Å². The van der Waals surface area contributed by atoms with E-state index < -0.39 is 17.4 Å². The first-order valence-electron chi connectivity index (χ1n) is 11.9. The van der Waals surface area contributed by atoms with Crippen molar-refractivity contribution >= 4 is 18.2 Å². The Bertz CT molecular complexity index is 773. The van der Waals surface area contributed by atoms with E-state index >= 15 is 0 Å². The Kier molecular flexibility index (Phi) is 11.1. The Balaban J connectivity index is 2.12. The van der Waals surface area contributed by atoms with Crippen LogP contribution in [0.4, 0.5) is 0 Å². The van der Waals surface area contributed by atoms with Gasteiger partial charge in [0.25, 0.3) is 0 Å². The van der Waals surface area contributed by atoms with Gasteiger partial charge >= 0.3 is 0 Å². The molecule has 2 unspecified atom stereocenters. The molecule has 3 amide bonds. The van der Waals surface area contributed by atoms with Gasteiger partial charge in [-0.15, -0.1) is 0 Å². The van der Waals surface area contributed by atoms with Gasteiger partial charge in [-0.25, -0.2) is 5.06 Å². The number of benzene rings is 1. The smallest absolute Gasteiger partial charge is 0.243 e. The number of hydrogen-bond donors (Lipinski definition) is 2. The van der Waals surface area contributed by atoms with Gasteiger partial charge in [-0.3, -0.25) is 19.2 Å². The number of nitrogens with one attached hydrogen (secondary N) is 2. The molecule has 7 nitrogen and oxygen atoms in total. The van der Waals surface area contributed by atoms with E-state index in [1.807, 2.05) is 51.1 Å². The predicted octanol–water partition coefficient (Wildman–Crippen LogP) is 3.75. The third-order valence-corrected chi connectivity index (χ3v) is 5.73. The first kappa shape index (κ1) is 26.6. The summed E-state index contributed by atoms with van der Waals surface area (Å²) in [6, 6.07) is 8.90. The minimum Gasteiger partial charge on any atom is -0.354 e. The van der Waals surface area contributed by atoms with Crippen LogP contribution in [-0.4, -0.2) is 42.4 Å². The molecule has 1 heterocycles. The van der Waals surface area contributed by atoms with Gasteiger partial charge in [0.2, 0.25) is 18.2 Å². The molecule has 1 aromatic rings. The van der Waals surface area contributed by atoms with Crippen LogP contribution in [0.25, 0.3) is 0 Å². The third kappa shape index (κ3) is 9.78. The molecule has 0 spiro atoms. The van der Waals surface area contributed by atoms with Crippen molar-refractivity contribution in [2.75, 3.05) is 13.1 Å². The molecule has 0 bridgehead atoms. The van der Waals surface area contributed by atoms with Crippen LogP contribution in [0.1, 0.15) is 64.9 Å². The second kappa shape index (κ2) is 13.8. The quantitative estimate of drug-likeness (QED) is 0.387. The lowest BCUT2D eigenvalue weighted by Gasteiger charge is -2.32. The molecule has 1 aromatic carbocycles. The van der Waals surface area contributed by atoms with E-state index in [1.165, 1.54) is 5.06 Å². The van der Waals surface area contributed by atoms with E-state index in [2.05, 4.69) is 22.8 Å². The SMILES string of the molecule is CC(C)(C)C1NC(=O)C(CN(C=O)OCc2ccccc2)CCC/C=C/CCCCNC1=O. The summed E-state index contributed by atoms with van der Waals surface area (Å²) in [6.07, 6.45) is 10.1. The van der Waals surface area contributed by atoms with Crippen LogP contribution in [0.3, 0.4) is 0 Å². The Morgan fingerprint density at radius 1 is 1.03 bits per heavy atom. The highest BCUT2D eigenvalue weighted by Crippen LogP contribution is 2.21. The van der Waals surface area contributed by atoms with Gasteiger partial charge in [-0.1, -0.05) is 63.3 Å². The van der Waals surface area contributed by atoms with Gasteiger partial charge in [0.1, 0.15) is 12.6 Å². The maximum Gasteiger partial charge on any atom is 0.243 e. The summed E-state index contributed by atoms with van der Waals surface area (Å²) in [7, 11) is 0. The Labute approximate surface area is 197 Å². The average Bonchev–Trinajstić information content (AvgIpc) is 2.79. The molecule has 2 atom stereocenters. The van der Waals surface area contributed by atoms with Gasteiger partial charge in [0.15, 0.2) is 0 Å². The van der Waals surface area contributed by atoms with Crippen LogP contribution in [0.15, 0.2) is 42.5 Å². The molecule has 0 aromatic heterocycles. The minimum atomic E-state index is -0.661. The van der Waals surface area contributed by atoms with Crippen LogP contribution in [0, 0.1) is 11.3 Å². The van der Waals surface area contributed by atoms with Crippen LogP contribution in [-0.2, 0) is 25.8 Å². The van der Waals surface area contributed by atoms with E-state index in [1.54, 1.807) is 0 Å². The molecular formula is C26H39N3O4. The maximum atomic E-state index is 13.3. The molecule has 1 aliphatic heterocycles. The van der Waals surface area contributed by atoms with Crippen molar-refractivity contribution in [3.63, 3.8) is 0 Å². The molecule has 0 fully saturated rings. The number of hydroxylamine groups is 2. The van der Waals surface area contributed by atoms with Gasteiger partial charge in [-0.2, -0.15) is 0 Å². The molecule has 1 aliphatic rings. The van der Waals surface area contributed by atoms with E-state index in [4.69, 9.17) is 4.84 Å². The van der Waals surface area contributed by atoms with Crippen LogP contribution in [0.2, 0.25) is 0 Å². The molecule has 0 saturated carbocycles. The minimum absolute atomic E-state index is 0.129. The summed E-state index contributed by atoms with van der Waals surface area (Å²) in [5.41, 5.74) is 0.485. The molecular weight excluding hydrogens is 418 g/mol. The average molecular weight is 458 g/mol. The van der Waals surface area contributed by atoms with Gasteiger partial charge in [0, 0.05) is 6.54 Å². The fourth-order valence-electron chi connectivity index (χ4n) is 3.73.